The summed E-state index contributed by atoms with van der Waals surface area (Å²) in [5.74, 6) is 0.185. The molecule has 34 heavy (non-hydrogen) atoms. The number of nitrogens with zero attached hydrogens (tertiary/aromatic N) is 5. The van der Waals surface area contributed by atoms with E-state index >= 15 is 0 Å². The van der Waals surface area contributed by atoms with Crippen molar-refractivity contribution in [2.24, 2.45) is 0 Å². The highest BCUT2D eigenvalue weighted by atomic mass is 16.5. The molecule has 0 atom stereocenters. The topological polar surface area (TPSA) is 116 Å². The van der Waals surface area contributed by atoms with Gasteiger partial charge in [-0.2, -0.15) is 0 Å². The Kier molecular flexibility index (Phi) is 5.33. The molecule has 0 bridgehead atoms. The van der Waals surface area contributed by atoms with Gasteiger partial charge in [0.05, 0.1) is 18.4 Å². The van der Waals surface area contributed by atoms with Crippen LogP contribution in [-0.4, -0.2) is 41.6 Å². The number of methoxy groups -OCH3 is 1. The molecule has 5 rings (SSSR count). The van der Waals surface area contributed by atoms with Crippen LogP contribution in [0.3, 0.4) is 0 Å². The number of imidazole rings is 2. The van der Waals surface area contributed by atoms with Crippen molar-refractivity contribution >= 4 is 22.8 Å². The number of aromatic amines is 1. The van der Waals surface area contributed by atoms with Gasteiger partial charge in [0.2, 0.25) is 0 Å². The van der Waals surface area contributed by atoms with Gasteiger partial charge < -0.3 is 13.7 Å². The van der Waals surface area contributed by atoms with Gasteiger partial charge >= 0.3 is 11.7 Å². The second-order valence-electron chi connectivity index (χ2n) is 7.85. The third-order valence-corrected chi connectivity index (χ3v) is 5.75. The summed E-state index contributed by atoms with van der Waals surface area (Å²) in [5, 5.41) is 0. The Labute approximate surface area is 193 Å². The van der Waals surface area contributed by atoms with Crippen LogP contribution in [0.2, 0.25) is 0 Å². The van der Waals surface area contributed by atoms with Gasteiger partial charge in [-0.25, -0.2) is 19.6 Å². The van der Waals surface area contributed by atoms with Gasteiger partial charge in [0.1, 0.15) is 11.5 Å². The van der Waals surface area contributed by atoms with Gasteiger partial charge in [-0.1, -0.05) is 18.2 Å². The van der Waals surface area contributed by atoms with Crippen molar-refractivity contribution in [1.29, 1.82) is 0 Å². The molecule has 0 spiro atoms. The number of fused-ring (bicyclic) bond motifs is 2. The first-order valence-corrected chi connectivity index (χ1v) is 10.8. The molecule has 0 saturated carbocycles. The predicted octanol–water partition coefficient (Wildman–Crippen LogP) is 1.98. The lowest BCUT2D eigenvalue weighted by atomic mass is 10.1. The molecule has 0 unspecified atom stereocenters. The van der Waals surface area contributed by atoms with Crippen molar-refractivity contribution in [3.8, 4) is 0 Å². The van der Waals surface area contributed by atoms with Crippen molar-refractivity contribution < 1.29 is 9.53 Å². The highest BCUT2D eigenvalue weighted by Crippen LogP contribution is 2.18. The van der Waals surface area contributed by atoms with Crippen LogP contribution in [0.5, 0.6) is 0 Å². The average molecular weight is 458 g/mol. The van der Waals surface area contributed by atoms with E-state index in [0.29, 0.717) is 42.1 Å². The van der Waals surface area contributed by atoms with Crippen LogP contribution in [0.1, 0.15) is 34.4 Å². The Morgan fingerprint density at radius 1 is 1.06 bits per heavy atom. The van der Waals surface area contributed by atoms with Crippen LogP contribution in [0, 0.1) is 0 Å². The summed E-state index contributed by atoms with van der Waals surface area (Å²) in [6, 6.07) is 12.7. The molecule has 0 saturated heterocycles. The molecule has 10 nitrogen and oxygen atoms in total. The van der Waals surface area contributed by atoms with Gasteiger partial charge in [-0.15, -0.1) is 0 Å². The summed E-state index contributed by atoms with van der Waals surface area (Å²) in [5.41, 5.74) is 2.54. The number of carbonyl (C=O) groups excluding carboxylic acids is 1. The van der Waals surface area contributed by atoms with E-state index in [4.69, 9.17) is 9.72 Å². The quantitative estimate of drug-likeness (QED) is 0.389. The summed E-state index contributed by atoms with van der Waals surface area (Å²) in [6.45, 7) is 2.52. The smallest absolute Gasteiger partial charge is 0.337 e. The van der Waals surface area contributed by atoms with E-state index in [0.717, 1.165) is 16.9 Å². The Morgan fingerprint density at radius 2 is 1.85 bits per heavy atom. The summed E-state index contributed by atoms with van der Waals surface area (Å²) in [6.07, 6.45) is 4.20. The lowest BCUT2D eigenvalue weighted by Gasteiger charge is -2.09. The van der Waals surface area contributed by atoms with Crippen molar-refractivity contribution in [3.63, 3.8) is 0 Å². The number of aryl methyl sites for hydroxylation is 1. The fraction of sp³-hybridized carbons (Fsp3) is 0.208. The number of benzene rings is 1. The number of ether oxygens (including phenoxy) is 1. The molecule has 0 aliphatic heterocycles. The van der Waals surface area contributed by atoms with Crippen LogP contribution in [0.15, 0.2) is 64.4 Å². The molecule has 1 aromatic carbocycles. The predicted molar refractivity (Wildman–Crippen MR) is 125 cm³/mol. The standard InChI is InChI=1S/C24H22N6O4/c1-3-29-21-20(22(31)27-24(29)33)30(13-15-7-9-16(10-8-15)23(32)34-2)19(26-21)12-17-14-28-11-5-4-6-18(28)25-17/h4-11,14H,3,12-13H2,1-2H3,(H,27,31,33). The minimum absolute atomic E-state index is 0.317. The molecule has 0 radical (unpaired) electrons. The number of carbonyl (C=O) groups is 1. The van der Waals surface area contributed by atoms with Gasteiger partial charge in [0, 0.05) is 31.9 Å². The number of esters is 1. The molecule has 5 aromatic rings. The summed E-state index contributed by atoms with van der Waals surface area (Å²) < 4.78 is 9.93. The molecular formula is C24H22N6O4. The third-order valence-electron chi connectivity index (χ3n) is 5.75. The van der Waals surface area contributed by atoms with Crippen LogP contribution < -0.4 is 11.2 Å². The van der Waals surface area contributed by atoms with Gasteiger partial charge in [0.15, 0.2) is 11.2 Å². The number of hydrogen-bond donors (Lipinski definition) is 1. The van der Waals surface area contributed by atoms with Crippen LogP contribution in [-0.2, 0) is 24.2 Å². The minimum atomic E-state index is -0.496. The number of hydrogen-bond acceptors (Lipinski definition) is 6. The first-order chi connectivity index (χ1) is 16.5. The largest absolute Gasteiger partial charge is 0.465 e. The average Bonchev–Trinajstić information content (AvgIpc) is 3.40. The van der Waals surface area contributed by atoms with E-state index < -0.39 is 17.2 Å². The third kappa shape index (κ3) is 3.68. The molecule has 4 aromatic heterocycles. The van der Waals surface area contributed by atoms with Crippen LogP contribution in [0.25, 0.3) is 16.8 Å². The Balaban J connectivity index is 1.64. The first-order valence-electron chi connectivity index (χ1n) is 10.8. The summed E-state index contributed by atoms with van der Waals surface area (Å²) >= 11 is 0. The van der Waals surface area contributed by atoms with E-state index in [2.05, 4.69) is 9.97 Å². The zero-order chi connectivity index (χ0) is 23.8. The van der Waals surface area contributed by atoms with Crippen molar-refractivity contribution in [3.05, 3.63) is 98.3 Å². The summed E-state index contributed by atoms with van der Waals surface area (Å²) in [7, 11) is 1.33. The normalized spacial score (nSPS) is 11.4. The van der Waals surface area contributed by atoms with E-state index in [1.165, 1.54) is 11.7 Å². The minimum Gasteiger partial charge on any atom is -0.465 e. The zero-order valence-electron chi connectivity index (χ0n) is 18.7. The Morgan fingerprint density at radius 3 is 2.56 bits per heavy atom. The van der Waals surface area contributed by atoms with E-state index in [9.17, 15) is 14.4 Å². The molecule has 0 amide bonds. The van der Waals surface area contributed by atoms with Gasteiger partial charge in [-0.05, 0) is 36.8 Å². The number of nitrogens with one attached hydrogen (secondary N) is 1. The van der Waals surface area contributed by atoms with Crippen LogP contribution >= 0.6 is 0 Å². The maximum absolute atomic E-state index is 12.9. The maximum Gasteiger partial charge on any atom is 0.337 e. The number of rotatable bonds is 6. The van der Waals surface area contributed by atoms with Crippen molar-refractivity contribution in [2.75, 3.05) is 7.11 Å². The van der Waals surface area contributed by atoms with Crippen LogP contribution in [0.4, 0.5) is 0 Å². The van der Waals surface area contributed by atoms with E-state index in [1.807, 2.05) is 41.9 Å². The maximum atomic E-state index is 12.9. The monoisotopic (exact) mass is 458 g/mol. The first kappa shape index (κ1) is 21.4. The van der Waals surface area contributed by atoms with E-state index in [-0.39, 0.29) is 0 Å². The Hall–Kier alpha value is -4.47. The molecule has 0 aliphatic rings. The highest BCUT2D eigenvalue weighted by Gasteiger charge is 2.19. The molecule has 0 aliphatic carbocycles. The Bertz CT molecular complexity index is 1610. The number of H-pyrrole nitrogens is 1. The zero-order valence-corrected chi connectivity index (χ0v) is 18.7. The SMILES string of the molecule is CCn1c(=O)[nH]c(=O)c2c1nc(Cc1cn3ccccc3n1)n2Cc1ccc(C(=O)OC)cc1. The van der Waals surface area contributed by atoms with E-state index in [1.54, 1.807) is 28.8 Å². The second-order valence-corrected chi connectivity index (χ2v) is 7.85. The van der Waals surface area contributed by atoms with Crippen molar-refractivity contribution in [1.82, 2.24) is 28.5 Å². The fourth-order valence-electron chi connectivity index (χ4n) is 4.10. The molecule has 4 heterocycles. The number of pyridine rings is 1. The number of aromatic nitrogens is 6. The summed E-state index contributed by atoms with van der Waals surface area (Å²) in [4.78, 5) is 48.8. The molecule has 10 heteroatoms. The molecule has 0 fully saturated rings. The van der Waals surface area contributed by atoms with Gasteiger partial charge in [0.25, 0.3) is 5.56 Å². The van der Waals surface area contributed by atoms with Gasteiger partial charge in [-0.3, -0.25) is 14.3 Å². The second kappa shape index (κ2) is 8.47. The van der Waals surface area contributed by atoms with Crippen molar-refractivity contribution in [2.45, 2.75) is 26.4 Å². The molecule has 172 valence electrons. The molecular weight excluding hydrogens is 436 g/mol. The highest BCUT2D eigenvalue weighted by molar-refractivity contribution is 5.89. The lowest BCUT2D eigenvalue weighted by Crippen LogP contribution is -2.30. The fourth-order valence-corrected chi connectivity index (χ4v) is 4.10. The molecule has 1 N–H and O–H groups in total. The lowest BCUT2D eigenvalue weighted by molar-refractivity contribution is 0.0600.